The van der Waals surface area contributed by atoms with Crippen molar-refractivity contribution in [1.82, 2.24) is 5.32 Å². The summed E-state index contributed by atoms with van der Waals surface area (Å²) in [5.41, 5.74) is 6.30. The Morgan fingerprint density at radius 3 is 2.58 bits per heavy atom. The lowest BCUT2D eigenvalue weighted by Gasteiger charge is -2.25. The zero-order chi connectivity index (χ0) is 8.82. The minimum Gasteiger partial charge on any atom is -0.370 e. The van der Waals surface area contributed by atoms with Gasteiger partial charge < -0.3 is 11.1 Å². The summed E-state index contributed by atoms with van der Waals surface area (Å²) in [6.07, 6.45) is 3.69. The van der Waals surface area contributed by atoms with Gasteiger partial charge in [0.1, 0.15) is 0 Å². The Hall–Kier alpha value is -0.730. The standard InChI is InChI=1S/C9H17N3/c1-8(2)3-4-9(5-8)6-11-7(10)12-9/h3-6H2,1-2H3,(H3,10,11,12). The summed E-state index contributed by atoms with van der Waals surface area (Å²) in [4.78, 5) is 4.22. The van der Waals surface area contributed by atoms with Crippen molar-refractivity contribution in [2.24, 2.45) is 16.1 Å². The number of rotatable bonds is 0. The van der Waals surface area contributed by atoms with Crippen molar-refractivity contribution in [3.8, 4) is 0 Å². The van der Waals surface area contributed by atoms with E-state index in [9.17, 15) is 0 Å². The maximum absolute atomic E-state index is 5.62. The third kappa shape index (κ3) is 1.17. The van der Waals surface area contributed by atoms with Crippen molar-refractivity contribution < 1.29 is 0 Å². The molecule has 1 heterocycles. The fraction of sp³-hybridized carbons (Fsp3) is 0.889. The summed E-state index contributed by atoms with van der Waals surface area (Å²) in [7, 11) is 0. The Morgan fingerprint density at radius 2 is 2.17 bits per heavy atom. The summed E-state index contributed by atoms with van der Waals surface area (Å²) in [6, 6.07) is 0. The van der Waals surface area contributed by atoms with E-state index in [1.54, 1.807) is 0 Å². The first-order chi connectivity index (χ1) is 5.52. The molecule has 1 aliphatic carbocycles. The lowest BCUT2D eigenvalue weighted by Crippen LogP contribution is -2.46. The van der Waals surface area contributed by atoms with Crippen LogP contribution in [0.4, 0.5) is 0 Å². The third-order valence-corrected chi connectivity index (χ3v) is 3.04. The minimum atomic E-state index is 0.216. The van der Waals surface area contributed by atoms with Gasteiger partial charge in [0.05, 0.1) is 12.1 Å². The average Bonchev–Trinajstić information content (AvgIpc) is 2.41. The van der Waals surface area contributed by atoms with Crippen LogP contribution >= 0.6 is 0 Å². The molecule has 0 aromatic carbocycles. The molecule has 68 valence electrons. The van der Waals surface area contributed by atoms with Gasteiger partial charge in [0.2, 0.25) is 0 Å². The number of hydrogen-bond donors (Lipinski definition) is 2. The van der Waals surface area contributed by atoms with E-state index in [0.29, 0.717) is 11.4 Å². The molecular weight excluding hydrogens is 150 g/mol. The number of aliphatic imine (C=N–C) groups is 1. The number of hydrogen-bond acceptors (Lipinski definition) is 3. The molecule has 1 atom stereocenters. The van der Waals surface area contributed by atoms with Gasteiger partial charge in [-0.1, -0.05) is 13.8 Å². The van der Waals surface area contributed by atoms with Crippen LogP contribution in [0.3, 0.4) is 0 Å². The molecule has 3 heteroatoms. The van der Waals surface area contributed by atoms with Gasteiger partial charge in [-0.2, -0.15) is 0 Å². The van der Waals surface area contributed by atoms with Crippen LogP contribution in [-0.2, 0) is 0 Å². The van der Waals surface area contributed by atoms with Gasteiger partial charge in [-0.15, -0.1) is 0 Å². The van der Waals surface area contributed by atoms with E-state index in [-0.39, 0.29) is 5.54 Å². The van der Waals surface area contributed by atoms with E-state index in [1.165, 1.54) is 19.3 Å². The lowest BCUT2D eigenvalue weighted by molar-refractivity contribution is 0.331. The molecule has 0 saturated heterocycles. The quantitative estimate of drug-likeness (QED) is 0.562. The van der Waals surface area contributed by atoms with Crippen LogP contribution in [0.5, 0.6) is 0 Å². The van der Waals surface area contributed by atoms with Crippen molar-refractivity contribution >= 4 is 5.96 Å². The van der Waals surface area contributed by atoms with Gasteiger partial charge in [0, 0.05) is 0 Å². The predicted molar refractivity (Wildman–Crippen MR) is 50.0 cm³/mol. The Balaban J connectivity index is 2.09. The first kappa shape index (κ1) is 7.90. The highest BCUT2D eigenvalue weighted by Gasteiger charge is 2.45. The molecule has 0 aromatic heterocycles. The Bertz CT molecular complexity index is 232. The number of nitrogens with zero attached hydrogens (tertiary/aromatic N) is 1. The SMILES string of the molecule is CC1(C)CCC2(CN=C(N)N2)C1. The molecule has 2 rings (SSSR count). The summed E-state index contributed by atoms with van der Waals surface area (Å²) in [6.45, 7) is 5.51. The largest absolute Gasteiger partial charge is 0.370 e. The van der Waals surface area contributed by atoms with Crippen LogP contribution in [0.1, 0.15) is 33.1 Å². The molecule has 1 aliphatic heterocycles. The Kier molecular flexibility index (Phi) is 1.41. The molecule has 0 amide bonds. The summed E-state index contributed by atoms with van der Waals surface area (Å²) in [5.74, 6) is 0.632. The summed E-state index contributed by atoms with van der Waals surface area (Å²) >= 11 is 0. The molecule has 2 aliphatic rings. The maximum atomic E-state index is 5.62. The predicted octanol–water partition coefficient (Wildman–Crippen LogP) is 0.853. The van der Waals surface area contributed by atoms with Crippen LogP contribution in [0, 0.1) is 5.41 Å². The zero-order valence-corrected chi connectivity index (χ0v) is 7.85. The fourth-order valence-electron chi connectivity index (χ4n) is 2.50. The van der Waals surface area contributed by atoms with Gasteiger partial charge in [-0.25, -0.2) is 0 Å². The van der Waals surface area contributed by atoms with Crippen molar-refractivity contribution in [3.63, 3.8) is 0 Å². The zero-order valence-electron chi connectivity index (χ0n) is 7.85. The molecule has 0 aromatic rings. The Labute approximate surface area is 73.4 Å². The van der Waals surface area contributed by atoms with Gasteiger partial charge in [0.25, 0.3) is 0 Å². The van der Waals surface area contributed by atoms with Crippen LogP contribution < -0.4 is 11.1 Å². The smallest absolute Gasteiger partial charge is 0.189 e. The molecular formula is C9H17N3. The van der Waals surface area contributed by atoms with E-state index in [0.717, 1.165) is 6.54 Å². The minimum absolute atomic E-state index is 0.216. The van der Waals surface area contributed by atoms with Crippen LogP contribution in [0.15, 0.2) is 4.99 Å². The highest BCUT2D eigenvalue weighted by Crippen LogP contribution is 2.44. The normalized spacial score (nSPS) is 38.3. The first-order valence-corrected chi connectivity index (χ1v) is 4.60. The summed E-state index contributed by atoms with van der Waals surface area (Å²) < 4.78 is 0. The van der Waals surface area contributed by atoms with Gasteiger partial charge in [-0.05, 0) is 24.7 Å². The van der Waals surface area contributed by atoms with E-state index >= 15 is 0 Å². The van der Waals surface area contributed by atoms with E-state index in [4.69, 9.17) is 5.73 Å². The fourth-order valence-corrected chi connectivity index (χ4v) is 2.50. The molecule has 12 heavy (non-hydrogen) atoms. The van der Waals surface area contributed by atoms with Crippen molar-refractivity contribution in [3.05, 3.63) is 0 Å². The third-order valence-electron chi connectivity index (χ3n) is 3.04. The van der Waals surface area contributed by atoms with Gasteiger partial charge in [0.15, 0.2) is 5.96 Å². The topological polar surface area (TPSA) is 50.4 Å². The second-order valence-corrected chi connectivity index (χ2v) is 4.95. The molecule has 0 bridgehead atoms. The molecule has 1 saturated carbocycles. The molecule has 1 unspecified atom stereocenters. The van der Waals surface area contributed by atoms with Crippen LogP contribution in [0.2, 0.25) is 0 Å². The molecule has 0 radical (unpaired) electrons. The Morgan fingerprint density at radius 1 is 1.42 bits per heavy atom. The second kappa shape index (κ2) is 2.15. The van der Waals surface area contributed by atoms with Gasteiger partial charge in [-0.3, -0.25) is 4.99 Å². The van der Waals surface area contributed by atoms with Crippen molar-refractivity contribution in [2.75, 3.05) is 6.54 Å². The summed E-state index contributed by atoms with van der Waals surface area (Å²) in [5, 5.41) is 3.31. The first-order valence-electron chi connectivity index (χ1n) is 4.60. The number of guanidine groups is 1. The monoisotopic (exact) mass is 167 g/mol. The number of nitrogens with two attached hydrogens (primary N) is 1. The average molecular weight is 167 g/mol. The molecule has 1 fully saturated rings. The molecule has 3 nitrogen and oxygen atoms in total. The van der Waals surface area contributed by atoms with Crippen LogP contribution in [-0.4, -0.2) is 18.0 Å². The lowest BCUT2D eigenvalue weighted by atomic mass is 9.88. The highest BCUT2D eigenvalue weighted by atomic mass is 15.2. The molecule has 3 N–H and O–H groups in total. The highest BCUT2D eigenvalue weighted by molar-refractivity contribution is 5.80. The maximum Gasteiger partial charge on any atom is 0.189 e. The number of nitrogens with one attached hydrogen (secondary N) is 1. The van der Waals surface area contributed by atoms with Crippen molar-refractivity contribution in [2.45, 2.75) is 38.6 Å². The van der Waals surface area contributed by atoms with Crippen LogP contribution in [0.25, 0.3) is 0 Å². The van der Waals surface area contributed by atoms with E-state index < -0.39 is 0 Å². The van der Waals surface area contributed by atoms with Crippen molar-refractivity contribution in [1.29, 1.82) is 0 Å². The van der Waals surface area contributed by atoms with Gasteiger partial charge >= 0.3 is 0 Å². The van der Waals surface area contributed by atoms with E-state index in [1.807, 2.05) is 0 Å². The molecule has 1 spiro atoms. The van der Waals surface area contributed by atoms with E-state index in [2.05, 4.69) is 24.2 Å². The second-order valence-electron chi connectivity index (χ2n) is 4.95.